The molecule has 0 saturated carbocycles. The fourth-order valence-electron chi connectivity index (χ4n) is 3.95. The van der Waals surface area contributed by atoms with Gasteiger partial charge in [-0.2, -0.15) is 0 Å². The average Bonchev–Trinajstić information content (AvgIpc) is 3.40. The summed E-state index contributed by atoms with van der Waals surface area (Å²) in [6.07, 6.45) is 0.833. The van der Waals surface area contributed by atoms with Gasteiger partial charge < -0.3 is 26.0 Å². The van der Waals surface area contributed by atoms with Crippen molar-refractivity contribution < 1.29 is 28.3 Å². The number of nitrogens with one attached hydrogen (secondary N) is 3. The molecular formula is C22H29F2N7O4. The summed E-state index contributed by atoms with van der Waals surface area (Å²) in [5.74, 6) is -2.87. The number of likely N-dealkylation sites (tertiary alicyclic amines) is 1. The van der Waals surface area contributed by atoms with Crippen LogP contribution in [-0.2, 0) is 16.1 Å². The van der Waals surface area contributed by atoms with Crippen molar-refractivity contribution in [1.82, 2.24) is 30.5 Å². The molecule has 35 heavy (non-hydrogen) atoms. The maximum atomic E-state index is 13.5. The smallest absolute Gasteiger partial charge is 0.319 e. The fourth-order valence-corrected chi connectivity index (χ4v) is 3.95. The molecule has 0 aliphatic carbocycles. The first kappa shape index (κ1) is 26.0. The molecular weight excluding hydrogens is 464 g/mol. The summed E-state index contributed by atoms with van der Waals surface area (Å²) in [5.41, 5.74) is -0.209. The summed E-state index contributed by atoms with van der Waals surface area (Å²) in [6, 6.07) is 0.665. The van der Waals surface area contributed by atoms with E-state index in [1.165, 1.54) is 28.9 Å². The summed E-state index contributed by atoms with van der Waals surface area (Å²) in [4.78, 5) is 39.2. The molecule has 1 aliphatic rings. The van der Waals surface area contributed by atoms with Crippen LogP contribution in [0.2, 0.25) is 0 Å². The van der Waals surface area contributed by atoms with Crippen molar-refractivity contribution >= 4 is 23.5 Å². The maximum absolute atomic E-state index is 13.5. The lowest BCUT2D eigenvalue weighted by Crippen LogP contribution is -2.49. The third-order valence-corrected chi connectivity index (χ3v) is 5.60. The van der Waals surface area contributed by atoms with E-state index in [9.17, 15) is 28.3 Å². The van der Waals surface area contributed by atoms with E-state index in [0.717, 1.165) is 12.1 Å². The van der Waals surface area contributed by atoms with Crippen molar-refractivity contribution in [3.63, 3.8) is 0 Å². The Morgan fingerprint density at radius 3 is 2.57 bits per heavy atom. The number of benzene rings is 1. The topological polar surface area (TPSA) is 141 Å². The van der Waals surface area contributed by atoms with Gasteiger partial charge in [0.2, 0.25) is 11.8 Å². The molecule has 3 atom stereocenters. The number of halogens is 2. The molecule has 0 spiro atoms. The van der Waals surface area contributed by atoms with Gasteiger partial charge in [0.25, 0.3) is 0 Å². The number of aromatic nitrogens is 3. The lowest BCUT2D eigenvalue weighted by atomic mass is 9.85. The van der Waals surface area contributed by atoms with Crippen molar-refractivity contribution in [3.8, 4) is 0 Å². The van der Waals surface area contributed by atoms with Crippen molar-refractivity contribution in [1.29, 1.82) is 0 Å². The van der Waals surface area contributed by atoms with Gasteiger partial charge in [-0.15, -0.1) is 5.10 Å². The molecule has 3 rings (SSSR count). The van der Waals surface area contributed by atoms with E-state index >= 15 is 0 Å². The number of urea groups is 1. The monoisotopic (exact) mass is 493 g/mol. The minimum absolute atomic E-state index is 0.0246. The zero-order valence-electron chi connectivity index (χ0n) is 19.9. The molecule has 1 saturated heterocycles. The molecule has 2 aromatic rings. The number of β-amino-alcohol motifs (C(OH)–C–C–N with tert-alkyl or cyclic N) is 1. The van der Waals surface area contributed by atoms with E-state index < -0.39 is 41.3 Å². The number of nitrogens with zero attached hydrogens (tertiary/aromatic N) is 4. The maximum Gasteiger partial charge on any atom is 0.319 e. The Morgan fingerprint density at radius 1 is 1.23 bits per heavy atom. The van der Waals surface area contributed by atoms with Gasteiger partial charge in [0.15, 0.2) is 11.6 Å². The molecule has 190 valence electrons. The Balaban J connectivity index is 1.70. The fraction of sp³-hybridized carbons (Fsp3) is 0.500. The molecule has 11 nitrogen and oxygen atoms in total. The number of aliphatic hydroxyl groups excluding tert-OH is 1. The second-order valence-corrected chi connectivity index (χ2v) is 9.41. The van der Waals surface area contributed by atoms with Crippen molar-refractivity contribution in [2.24, 2.45) is 5.41 Å². The van der Waals surface area contributed by atoms with E-state index in [-0.39, 0.29) is 37.0 Å². The second kappa shape index (κ2) is 10.3. The Labute approximate surface area is 200 Å². The Bertz CT molecular complexity index is 1100. The van der Waals surface area contributed by atoms with Crippen LogP contribution in [0.3, 0.4) is 0 Å². The quantitative estimate of drug-likeness (QED) is 0.476. The molecule has 1 aromatic heterocycles. The SMILES string of the molecule is CNC(=O)[C@@H]1C[C@@H](O)CN1C(=O)[C@@H](n1cc(CNC(=O)Nc2ccc(F)c(F)c2)nn1)C(C)(C)C. The number of anilines is 1. The van der Waals surface area contributed by atoms with Crippen LogP contribution >= 0.6 is 0 Å². The molecule has 0 unspecified atom stereocenters. The highest BCUT2D eigenvalue weighted by atomic mass is 19.2. The van der Waals surface area contributed by atoms with Crippen LogP contribution in [0.1, 0.15) is 38.9 Å². The summed E-state index contributed by atoms with van der Waals surface area (Å²) in [5, 5.41) is 25.6. The van der Waals surface area contributed by atoms with E-state index in [0.29, 0.717) is 5.69 Å². The van der Waals surface area contributed by atoms with Gasteiger partial charge in [-0.25, -0.2) is 18.3 Å². The van der Waals surface area contributed by atoms with E-state index in [2.05, 4.69) is 26.3 Å². The molecule has 1 fully saturated rings. The first-order valence-electron chi connectivity index (χ1n) is 11.0. The van der Waals surface area contributed by atoms with E-state index in [1.807, 2.05) is 20.8 Å². The highest BCUT2D eigenvalue weighted by molar-refractivity contribution is 5.90. The molecule has 0 bridgehead atoms. The highest BCUT2D eigenvalue weighted by Gasteiger charge is 2.45. The number of carbonyl (C=O) groups excluding carboxylic acids is 3. The summed E-state index contributed by atoms with van der Waals surface area (Å²) in [6.45, 7) is 5.49. The third kappa shape index (κ3) is 6.10. The van der Waals surface area contributed by atoms with Crippen molar-refractivity contribution in [3.05, 3.63) is 41.7 Å². The summed E-state index contributed by atoms with van der Waals surface area (Å²) in [7, 11) is 1.47. The molecule has 4 N–H and O–H groups in total. The second-order valence-electron chi connectivity index (χ2n) is 9.41. The van der Waals surface area contributed by atoms with Crippen molar-refractivity contribution in [2.45, 2.75) is 51.9 Å². The minimum Gasteiger partial charge on any atom is -0.391 e. The largest absolute Gasteiger partial charge is 0.391 e. The Hall–Kier alpha value is -3.61. The highest BCUT2D eigenvalue weighted by Crippen LogP contribution is 2.34. The van der Waals surface area contributed by atoms with E-state index in [1.54, 1.807) is 0 Å². The normalized spacial score (nSPS) is 18.8. The number of hydrogen-bond donors (Lipinski definition) is 4. The number of hydrogen-bond acceptors (Lipinski definition) is 6. The van der Waals surface area contributed by atoms with E-state index in [4.69, 9.17) is 0 Å². The molecule has 4 amide bonds. The first-order chi connectivity index (χ1) is 16.4. The Kier molecular flexibility index (Phi) is 7.68. The Morgan fingerprint density at radius 2 is 1.94 bits per heavy atom. The standard InChI is InChI=1S/C22H29F2N7O4/c1-22(2,3)18(20(34)30-11-14(32)8-17(30)19(33)25-4)31-10-13(28-29-31)9-26-21(35)27-12-5-6-15(23)16(24)7-12/h5-7,10,14,17-18,32H,8-9,11H2,1-4H3,(H,25,33)(H2,26,27,35)/t14-,17+,18-/m1/s1. The third-order valence-electron chi connectivity index (χ3n) is 5.60. The van der Waals surface area contributed by atoms with Crippen LogP contribution in [0.15, 0.2) is 24.4 Å². The lowest BCUT2D eigenvalue weighted by Gasteiger charge is -2.34. The van der Waals surface area contributed by atoms with Gasteiger partial charge in [0, 0.05) is 31.8 Å². The molecule has 1 aliphatic heterocycles. The van der Waals surface area contributed by atoms with Crippen LogP contribution in [0.5, 0.6) is 0 Å². The average molecular weight is 494 g/mol. The molecule has 1 aromatic carbocycles. The van der Waals surface area contributed by atoms with Gasteiger partial charge in [0.1, 0.15) is 17.8 Å². The molecule has 2 heterocycles. The van der Waals surface area contributed by atoms with Gasteiger partial charge in [0.05, 0.1) is 18.8 Å². The number of amides is 4. The van der Waals surface area contributed by atoms with Gasteiger partial charge in [-0.1, -0.05) is 26.0 Å². The predicted octanol–water partition coefficient (Wildman–Crippen LogP) is 1.17. The predicted molar refractivity (Wildman–Crippen MR) is 121 cm³/mol. The van der Waals surface area contributed by atoms with Crippen LogP contribution in [0.25, 0.3) is 0 Å². The zero-order valence-corrected chi connectivity index (χ0v) is 19.9. The molecule has 13 heteroatoms. The van der Waals surface area contributed by atoms with Crippen LogP contribution in [0.4, 0.5) is 19.3 Å². The minimum atomic E-state index is -1.09. The number of aliphatic hydroxyl groups is 1. The van der Waals surface area contributed by atoms with Crippen LogP contribution in [0, 0.1) is 17.0 Å². The zero-order chi connectivity index (χ0) is 25.9. The van der Waals surface area contributed by atoms with Crippen LogP contribution in [-0.4, -0.2) is 68.6 Å². The summed E-state index contributed by atoms with van der Waals surface area (Å²) < 4.78 is 27.7. The van der Waals surface area contributed by atoms with Gasteiger partial charge in [-0.05, 0) is 17.5 Å². The number of rotatable bonds is 6. The number of carbonyl (C=O) groups is 3. The first-order valence-corrected chi connectivity index (χ1v) is 11.0. The lowest BCUT2D eigenvalue weighted by molar-refractivity contribution is -0.144. The summed E-state index contributed by atoms with van der Waals surface area (Å²) >= 11 is 0. The number of likely N-dealkylation sites (N-methyl/N-ethyl adjacent to an activating group) is 1. The molecule has 0 radical (unpaired) electrons. The van der Waals surface area contributed by atoms with Gasteiger partial charge in [-0.3, -0.25) is 9.59 Å². The van der Waals surface area contributed by atoms with Gasteiger partial charge >= 0.3 is 6.03 Å². The van der Waals surface area contributed by atoms with Crippen molar-refractivity contribution in [2.75, 3.05) is 18.9 Å². The van der Waals surface area contributed by atoms with Crippen LogP contribution < -0.4 is 16.0 Å².